The molecule has 1 atom stereocenters. The molecule has 1 unspecified atom stereocenters. The summed E-state index contributed by atoms with van der Waals surface area (Å²) in [6.45, 7) is 4.71. The molecule has 0 aliphatic carbocycles. The highest BCUT2D eigenvalue weighted by molar-refractivity contribution is 7.97. The van der Waals surface area contributed by atoms with Gasteiger partial charge in [0.1, 0.15) is 10.8 Å². The maximum atomic E-state index is 14.6. The molecular formula is C28H31BClFN8O4S. The molecular weight excluding hydrogens is 610 g/mol. The van der Waals surface area contributed by atoms with Crippen molar-refractivity contribution < 1.29 is 19.4 Å². The molecule has 5 rings (SSSR count). The van der Waals surface area contributed by atoms with Gasteiger partial charge in [0.15, 0.2) is 19.4 Å². The molecule has 1 aliphatic heterocycles. The third-order valence-electron chi connectivity index (χ3n) is 7.64. The fourth-order valence-electron chi connectivity index (χ4n) is 5.50. The second-order valence-electron chi connectivity index (χ2n) is 10.8. The zero-order chi connectivity index (χ0) is 31.9. The molecule has 2 radical (unpaired) electrons. The summed E-state index contributed by atoms with van der Waals surface area (Å²) in [6.07, 6.45) is 3.55. The predicted molar refractivity (Wildman–Crippen MR) is 169 cm³/mol. The molecule has 16 heteroatoms. The maximum Gasteiger partial charge on any atom is 0.281 e. The lowest BCUT2D eigenvalue weighted by atomic mass is 9.93. The van der Waals surface area contributed by atoms with Crippen molar-refractivity contribution in [1.29, 1.82) is 0 Å². The van der Waals surface area contributed by atoms with Gasteiger partial charge >= 0.3 is 0 Å². The van der Waals surface area contributed by atoms with Gasteiger partial charge in [-0.3, -0.25) is 18.9 Å². The molecule has 12 nitrogen and oxygen atoms in total. The minimum Gasteiger partial charge on any atom is -0.377 e. The van der Waals surface area contributed by atoms with Crippen LogP contribution in [0.1, 0.15) is 59.0 Å². The minimum absolute atomic E-state index is 0.0999. The number of hydrogen-bond acceptors (Lipinski definition) is 10. The van der Waals surface area contributed by atoms with Gasteiger partial charge in [0.25, 0.3) is 11.5 Å². The minimum atomic E-state index is -2.80. The van der Waals surface area contributed by atoms with Crippen LogP contribution in [0.15, 0.2) is 35.3 Å². The third kappa shape index (κ3) is 6.27. The summed E-state index contributed by atoms with van der Waals surface area (Å²) >= 11 is 7.23. The first-order valence-corrected chi connectivity index (χ1v) is 15.4. The summed E-state index contributed by atoms with van der Waals surface area (Å²) in [7, 11) is 6.90. The van der Waals surface area contributed by atoms with E-state index in [1.54, 1.807) is 31.5 Å². The molecule has 1 aromatic carbocycles. The normalized spacial score (nSPS) is 15.0. The van der Waals surface area contributed by atoms with E-state index >= 15 is 0 Å². The van der Waals surface area contributed by atoms with Gasteiger partial charge in [0.05, 0.1) is 28.8 Å². The molecule has 1 amide bonds. The number of aryl methyl sites for hydroxylation is 1. The van der Waals surface area contributed by atoms with Gasteiger partial charge in [-0.15, -0.1) is 0 Å². The van der Waals surface area contributed by atoms with E-state index in [4.69, 9.17) is 24.4 Å². The first-order chi connectivity index (χ1) is 20.8. The summed E-state index contributed by atoms with van der Waals surface area (Å²) in [5, 5.41) is 27.1. The lowest BCUT2D eigenvalue weighted by Crippen LogP contribution is -2.38. The van der Waals surface area contributed by atoms with Crippen molar-refractivity contribution >= 4 is 59.8 Å². The average Bonchev–Trinajstić information content (AvgIpc) is 3.38. The number of carbonyl (C=O) groups excluding carboxylic acids is 1. The second kappa shape index (κ2) is 12.4. The van der Waals surface area contributed by atoms with Crippen LogP contribution in [-0.4, -0.2) is 67.6 Å². The number of carbonyl (C=O) groups is 1. The molecule has 1 fully saturated rings. The summed E-state index contributed by atoms with van der Waals surface area (Å²) in [5.41, 5.74) is 2.64. The van der Waals surface area contributed by atoms with Crippen LogP contribution in [0, 0.1) is 12.7 Å². The van der Waals surface area contributed by atoms with E-state index in [-0.39, 0.29) is 34.1 Å². The fraction of sp³-hybridized carbons (Fsp3) is 0.393. The third-order valence-corrected chi connectivity index (χ3v) is 8.24. The van der Waals surface area contributed by atoms with Crippen LogP contribution >= 0.6 is 23.5 Å². The van der Waals surface area contributed by atoms with Crippen LogP contribution in [0.3, 0.4) is 0 Å². The maximum absolute atomic E-state index is 14.6. The number of amides is 1. The summed E-state index contributed by atoms with van der Waals surface area (Å²) in [4.78, 5) is 37.4. The number of halogens is 2. The Morgan fingerprint density at radius 3 is 2.59 bits per heavy atom. The van der Waals surface area contributed by atoms with Crippen LogP contribution in [-0.2, 0) is 12.9 Å². The van der Waals surface area contributed by atoms with Crippen molar-refractivity contribution in [3.05, 3.63) is 74.3 Å². The highest BCUT2D eigenvalue weighted by atomic mass is 35.5. The number of pyridine rings is 1. The number of nitrogens with zero attached hydrogens (tertiary/aromatic N) is 6. The van der Waals surface area contributed by atoms with E-state index in [2.05, 4.69) is 20.1 Å². The topological polar surface area (TPSA) is 150 Å². The first-order valence-electron chi connectivity index (χ1n) is 13.8. The monoisotopic (exact) mass is 640 g/mol. The highest BCUT2D eigenvalue weighted by Crippen LogP contribution is 2.33. The van der Waals surface area contributed by atoms with E-state index in [1.807, 2.05) is 24.8 Å². The van der Waals surface area contributed by atoms with E-state index < -0.39 is 17.5 Å². The largest absolute Gasteiger partial charge is 0.377 e. The van der Waals surface area contributed by atoms with Gasteiger partial charge in [0, 0.05) is 37.9 Å². The molecule has 0 spiro atoms. The summed E-state index contributed by atoms with van der Waals surface area (Å²) < 4.78 is 19.4. The molecule has 1 saturated heterocycles. The molecule has 0 saturated carbocycles. The standard InChI is InChI=1S/C28H31BClFN8O4S/c1-14-11-17(15(2)32-20-5-6-21(30)33-24(20)25(40)36-44-4)23-18(12-14)26(41)37(3)27(34-23)38-9-7-16(8-10-38)22-19(31)13-39(35-22)28(29,42)43/h5-6,11-13,15-16,32,42-43H,7-10H2,1-4H3,(H,36,40). The van der Waals surface area contributed by atoms with Crippen LogP contribution in [0.25, 0.3) is 10.9 Å². The first kappa shape index (κ1) is 31.8. The predicted octanol–water partition coefficient (Wildman–Crippen LogP) is 2.91. The number of aliphatic hydroxyl groups is 2. The number of piperidine rings is 1. The van der Waals surface area contributed by atoms with Gasteiger partial charge < -0.3 is 20.4 Å². The Balaban J connectivity index is 1.46. The summed E-state index contributed by atoms with van der Waals surface area (Å²) in [6, 6.07) is 6.64. The Hall–Kier alpha value is -3.66. The molecule has 4 N–H and O–H groups in total. The number of aromatic nitrogens is 5. The van der Waals surface area contributed by atoms with Gasteiger partial charge in [0.2, 0.25) is 11.8 Å². The van der Waals surface area contributed by atoms with Crippen molar-refractivity contribution in [3.63, 3.8) is 0 Å². The zero-order valence-corrected chi connectivity index (χ0v) is 26.1. The van der Waals surface area contributed by atoms with E-state index in [9.17, 15) is 24.2 Å². The van der Waals surface area contributed by atoms with Gasteiger partial charge in [-0.25, -0.2) is 19.0 Å². The van der Waals surface area contributed by atoms with E-state index in [0.29, 0.717) is 53.2 Å². The molecule has 3 aromatic heterocycles. The quantitative estimate of drug-likeness (QED) is 0.0980. The fourth-order valence-corrected chi connectivity index (χ4v) is 5.92. The van der Waals surface area contributed by atoms with E-state index in [1.165, 1.54) is 4.57 Å². The average molecular weight is 641 g/mol. The summed E-state index contributed by atoms with van der Waals surface area (Å²) in [5.74, 6) is -3.71. The molecule has 4 heterocycles. The number of fused-ring (bicyclic) bond motifs is 1. The molecule has 230 valence electrons. The van der Waals surface area contributed by atoms with E-state index in [0.717, 1.165) is 29.3 Å². The Morgan fingerprint density at radius 1 is 1.25 bits per heavy atom. The Morgan fingerprint density at radius 2 is 1.95 bits per heavy atom. The van der Waals surface area contributed by atoms with Crippen LogP contribution < -0.4 is 20.5 Å². The van der Waals surface area contributed by atoms with Crippen LogP contribution in [0.5, 0.6) is 0 Å². The van der Waals surface area contributed by atoms with Crippen LogP contribution in [0.4, 0.5) is 16.0 Å². The highest BCUT2D eigenvalue weighted by Gasteiger charge is 2.30. The molecule has 0 bridgehead atoms. The number of hydrogen-bond donors (Lipinski definition) is 4. The van der Waals surface area contributed by atoms with Gasteiger partial charge in [-0.05, 0) is 50.5 Å². The van der Waals surface area contributed by atoms with Gasteiger partial charge in [-0.1, -0.05) is 29.6 Å². The van der Waals surface area contributed by atoms with Crippen molar-refractivity contribution in [2.75, 3.05) is 29.6 Å². The van der Waals surface area contributed by atoms with Crippen molar-refractivity contribution in [2.45, 2.75) is 44.5 Å². The Labute approximate surface area is 263 Å². The molecule has 1 aliphatic rings. The Kier molecular flexibility index (Phi) is 8.94. The smallest absolute Gasteiger partial charge is 0.281 e. The number of anilines is 2. The zero-order valence-electron chi connectivity index (χ0n) is 24.5. The molecule has 4 aromatic rings. The number of rotatable bonds is 8. The molecule has 44 heavy (non-hydrogen) atoms. The number of benzene rings is 1. The van der Waals surface area contributed by atoms with Crippen molar-refractivity contribution in [3.8, 4) is 0 Å². The van der Waals surface area contributed by atoms with Crippen LogP contribution in [0.2, 0.25) is 5.15 Å². The SMILES string of the molecule is [B]C(O)(O)n1cc(F)c(C2CCN(c3nc4c(C(C)Nc5ccc(Cl)nc5C(=O)NSC)cc(C)cc4c(=O)n3C)CC2)n1. The lowest BCUT2D eigenvalue weighted by molar-refractivity contribution is -0.160. The number of nitrogens with one attached hydrogen (secondary N) is 2. The van der Waals surface area contributed by atoms with Crippen molar-refractivity contribution in [1.82, 2.24) is 29.0 Å². The Bertz CT molecular complexity index is 1790. The van der Waals surface area contributed by atoms with Gasteiger partial charge in [-0.2, -0.15) is 5.10 Å². The van der Waals surface area contributed by atoms with Crippen molar-refractivity contribution in [2.24, 2.45) is 7.05 Å². The second-order valence-corrected chi connectivity index (χ2v) is 11.8. The lowest BCUT2D eigenvalue weighted by Gasteiger charge is -2.33.